The van der Waals surface area contributed by atoms with E-state index in [0.29, 0.717) is 6.54 Å². The minimum Gasteiger partial charge on any atom is -0.329 e. The maximum absolute atomic E-state index is 12.4. The molecule has 96 valence electrons. The molecule has 0 saturated carbocycles. The van der Waals surface area contributed by atoms with Gasteiger partial charge in [-0.15, -0.1) is 0 Å². The Labute approximate surface area is 99.0 Å². The summed E-state index contributed by atoms with van der Waals surface area (Å²) < 4.78 is 37.1. The largest absolute Gasteiger partial charge is 0.416 e. The van der Waals surface area contributed by atoms with E-state index in [1.807, 2.05) is 13.8 Å². The Morgan fingerprint density at radius 2 is 1.71 bits per heavy atom. The highest BCUT2D eigenvalue weighted by Crippen LogP contribution is 2.29. The Morgan fingerprint density at radius 3 is 2.12 bits per heavy atom. The van der Waals surface area contributed by atoms with Gasteiger partial charge < -0.3 is 11.1 Å². The van der Waals surface area contributed by atoms with Crippen molar-refractivity contribution in [3.63, 3.8) is 0 Å². The molecule has 1 unspecified atom stereocenters. The molecule has 1 aromatic rings. The van der Waals surface area contributed by atoms with Crippen LogP contribution in [-0.4, -0.2) is 12.6 Å². The van der Waals surface area contributed by atoms with Crippen LogP contribution in [-0.2, 0) is 6.18 Å². The number of nitrogens with two attached hydrogens (primary N) is 1. The summed E-state index contributed by atoms with van der Waals surface area (Å²) in [5, 5.41) is 3.20. The average molecular weight is 246 g/mol. The van der Waals surface area contributed by atoms with E-state index in [1.54, 1.807) is 0 Å². The molecule has 2 nitrogen and oxygen atoms in total. The van der Waals surface area contributed by atoms with E-state index in [1.165, 1.54) is 12.1 Å². The lowest BCUT2D eigenvalue weighted by Crippen LogP contribution is -2.35. The van der Waals surface area contributed by atoms with E-state index in [9.17, 15) is 13.2 Å². The van der Waals surface area contributed by atoms with Crippen LogP contribution in [0.4, 0.5) is 13.2 Å². The van der Waals surface area contributed by atoms with Gasteiger partial charge >= 0.3 is 6.18 Å². The topological polar surface area (TPSA) is 38.0 Å². The lowest BCUT2D eigenvalue weighted by molar-refractivity contribution is -0.137. The fourth-order valence-electron chi connectivity index (χ4n) is 1.55. The number of nitrogens with one attached hydrogen (secondary N) is 1. The van der Waals surface area contributed by atoms with E-state index in [-0.39, 0.29) is 12.1 Å². The van der Waals surface area contributed by atoms with Gasteiger partial charge in [-0.05, 0) is 31.5 Å². The van der Waals surface area contributed by atoms with Crippen LogP contribution in [0.2, 0.25) is 0 Å². The zero-order valence-corrected chi connectivity index (χ0v) is 9.88. The molecule has 0 bridgehead atoms. The summed E-state index contributed by atoms with van der Waals surface area (Å²) >= 11 is 0. The molecule has 0 saturated heterocycles. The highest BCUT2D eigenvalue weighted by atomic mass is 19.4. The van der Waals surface area contributed by atoms with Crippen molar-refractivity contribution >= 4 is 0 Å². The molecule has 0 heterocycles. The van der Waals surface area contributed by atoms with Gasteiger partial charge in [0.2, 0.25) is 0 Å². The normalized spacial score (nSPS) is 15.6. The summed E-state index contributed by atoms with van der Waals surface area (Å²) in [5.41, 5.74) is 5.66. The average Bonchev–Trinajstić information content (AvgIpc) is 2.27. The highest BCUT2D eigenvalue weighted by molar-refractivity contribution is 5.26. The minimum atomic E-state index is -4.28. The minimum absolute atomic E-state index is 0.0177. The summed E-state index contributed by atoms with van der Waals surface area (Å²) in [4.78, 5) is 0. The summed E-state index contributed by atoms with van der Waals surface area (Å²) in [6, 6.07) is 5.29. The van der Waals surface area contributed by atoms with E-state index in [4.69, 9.17) is 5.73 Å². The van der Waals surface area contributed by atoms with E-state index in [0.717, 1.165) is 17.7 Å². The van der Waals surface area contributed by atoms with Gasteiger partial charge in [-0.25, -0.2) is 0 Å². The predicted octanol–water partition coefficient (Wildman–Crippen LogP) is 2.70. The molecule has 2 atom stereocenters. The first-order valence-corrected chi connectivity index (χ1v) is 5.48. The number of halogens is 3. The SMILES string of the molecule is CC(N[C@@H](C)CN)c1ccc(C(F)(F)F)cc1. The molecule has 0 aromatic heterocycles. The molecule has 0 radical (unpaired) electrons. The molecule has 3 N–H and O–H groups in total. The fraction of sp³-hybridized carbons (Fsp3) is 0.500. The summed E-state index contributed by atoms with van der Waals surface area (Å²) in [7, 11) is 0. The molecule has 0 fully saturated rings. The molecule has 0 aliphatic rings. The van der Waals surface area contributed by atoms with Gasteiger partial charge in [0.15, 0.2) is 0 Å². The van der Waals surface area contributed by atoms with E-state index < -0.39 is 11.7 Å². The van der Waals surface area contributed by atoms with Gasteiger partial charge in [0.25, 0.3) is 0 Å². The molecular weight excluding hydrogens is 229 g/mol. The summed E-state index contributed by atoms with van der Waals surface area (Å²) in [5.74, 6) is 0. The van der Waals surface area contributed by atoms with Gasteiger partial charge in [-0.3, -0.25) is 0 Å². The first kappa shape index (κ1) is 14.0. The number of benzene rings is 1. The van der Waals surface area contributed by atoms with Crippen molar-refractivity contribution in [2.45, 2.75) is 32.1 Å². The smallest absolute Gasteiger partial charge is 0.329 e. The Morgan fingerprint density at radius 1 is 1.18 bits per heavy atom. The fourth-order valence-corrected chi connectivity index (χ4v) is 1.55. The third kappa shape index (κ3) is 4.02. The molecule has 1 aromatic carbocycles. The molecule has 5 heteroatoms. The quantitative estimate of drug-likeness (QED) is 0.857. The predicted molar refractivity (Wildman–Crippen MR) is 61.5 cm³/mol. The van der Waals surface area contributed by atoms with Crippen molar-refractivity contribution in [1.29, 1.82) is 0 Å². The maximum Gasteiger partial charge on any atom is 0.416 e. The Bertz CT molecular complexity index is 346. The van der Waals surface area contributed by atoms with Gasteiger partial charge in [0.1, 0.15) is 0 Å². The number of hydrogen-bond donors (Lipinski definition) is 2. The monoisotopic (exact) mass is 246 g/mol. The summed E-state index contributed by atoms with van der Waals surface area (Å²) in [6.45, 7) is 4.32. The maximum atomic E-state index is 12.4. The lowest BCUT2D eigenvalue weighted by Gasteiger charge is -2.19. The Kier molecular flexibility index (Phi) is 4.54. The Hall–Kier alpha value is -1.07. The second-order valence-corrected chi connectivity index (χ2v) is 4.14. The lowest BCUT2D eigenvalue weighted by atomic mass is 10.1. The van der Waals surface area contributed by atoms with Crippen LogP contribution in [0.3, 0.4) is 0 Å². The third-order valence-corrected chi connectivity index (χ3v) is 2.63. The Balaban J connectivity index is 2.74. The van der Waals surface area contributed by atoms with Crippen molar-refractivity contribution < 1.29 is 13.2 Å². The zero-order chi connectivity index (χ0) is 13.1. The molecule has 17 heavy (non-hydrogen) atoms. The molecule has 0 spiro atoms. The van der Waals surface area contributed by atoms with Crippen molar-refractivity contribution in [2.24, 2.45) is 5.73 Å². The van der Waals surface area contributed by atoms with Crippen LogP contribution < -0.4 is 11.1 Å². The standard InChI is InChI=1S/C12H17F3N2/c1-8(7-16)17-9(2)10-3-5-11(6-4-10)12(13,14)15/h3-6,8-9,17H,7,16H2,1-2H3/t8-,9?/m0/s1. The van der Waals surface area contributed by atoms with Crippen LogP contribution >= 0.6 is 0 Å². The second kappa shape index (κ2) is 5.51. The molecule has 0 amide bonds. The molecule has 1 rings (SSSR count). The van der Waals surface area contributed by atoms with Crippen LogP contribution in [0, 0.1) is 0 Å². The number of rotatable bonds is 4. The number of hydrogen-bond acceptors (Lipinski definition) is 2. The third-order valence-electron chi connectivity index (χ3n) is 2.63. The van der Waals surface area contributed by atoms with E-state index in [2.05, 4.69) is 5.32 Å². The molecular formula is C12H17F3N2. The van der Waals surface area contributed by atoms with Crippen molar-refractivity contribution in [1.82, 2.24) is 5.32 Å². The zero-order valence-electron chi connectivity index (χ0n) is 9.88. The van der Waals surface area contributed by atoms with Crippen molar-refractivity contribution in [3.05, 3.63) is 35.4 Å². The van der Waals surface area contributed by atoms with Crippen LogP contribution in [0.25, 0.3) is 0 Å². The molecule has 0 aliphatic carbocycles. The van der Waals surface area contributed by atoms with Gasteiger partial charge in [0, 0.05) is 18.6 Å². The first-order chi connectivity index (χ1) is 7.84. The number of alkyl halides is 3. The first-order valence-electron chi connectivity index (χ1n) is 5.48. The second-order valence-electron chi connectivity index (χ2n) is 4.14. The van der Waals surface area contributed by atoms with Gasteiger partial charge in [-0.1, -0.05) is 12.1 Å². The van der Waals surface area contributed by atoms with E-state index >= 15 is 0 Å². The van der Waals surface area contributed by atoms with Crippen LogP contribution in [0.15, 0.2) is 24.3 Å². The van der Waals surface area contributed by atoms with Gasteiger partial charge in [0.05, 0.1) is 5.56 Å². The van der Waals surface area contributed by atoms with Crippen LogP contribution in [0.1, 0.15) is 31.0 Å². The molecule has 0 aliphatic heterocycles. The van der Waals surface area contributed by atoms with Crippen molar-refractivity contribution in [3.8, 4) is 0 Å². The summed E-state index contributed by atoms with van der Waals surface area (Å²) in [6.07, 6.45) is -4.28. The highest BCUT2D eigenvalue weighted by Gasteiger charge is 2.30. The van der Waals surface area contributed by atoms with Gasteiger partial charge in [-0.2, -0.15) is 13.2 Å². The van der Waals surface area contributed by atoms with Crippen molar-refractivity contribution in [2.75, 3.05) is 6.54 Å². The van der Waals surface area contributed by atoms with Crippen LogP contribution in [0.5, 0.6) is 0 Å².